The zero-order chi connectivity index (χ0) is 57.5. The Hall–Kier alpha value is -8.88. The van der Waals surface area contributed by atoms with Crippen molar-refractivity contribution in [1.82, 2.24) is 0 Å². The number of rotatable bonds is 10. The molecule has 4 aliphatic rings. The van der Waals surface area contributed by atoms with Crippen LogP contribution < -0.4 is 9.80 Å². The van der Waals surface area contributed by atoms with E-state index in [9.17, 15) is 26.3 Å². The smallest absolute Gasteiger partial charge is 0.330 e. The molecule has 0 heterocycles. The summed E-state index contributed by atoms with van der Waals surface area (Å²) in [6, 6.07) is 48.6. The summed E-state index contributed by atoms with van der Waals surface area (Å²) in [5, 5.41) is 0. The van der Waals surface area contributed by atoms with Crippen LogP contribution in [0.5, 0.6) is 0 Å². The van der Waals surface area contributed by atoms with E-state index in [2.05, 4.69) is 195 Å². The van der Waals surface area contributed by atoms with E-state index in [-0.39, 0.29) is 0 Å². The van der Waals surface area contributed by atoms with Gasteiger partial charge < -0.3 is 9.80 Å². The molecule has 0 aromatic heterocycles. The number of allylic oxidation sites excluding steroid dienone is 10. The molecule has 8 heteroatoms. The Bertz CT molecular complexity index is 4110. The van der Waals surface area contributed by atoms with Gasteiger partial charge in [0.05, 0.1) is 28.6 Å². The molecular formula is C74H60F6N2. The van der Waals surface area contributed by atoms with Crippen LogP contribution in [-0.2, 0) is 12.4 Å². The molecule has 0 N–H and O–H groups in total. The van der Waals surface area contributed by atoms with Crippen LogP contribution in [0.15, 0.2) is 240 Å². The topological polar surface area (TPSA) is 6.48 Å². The van der Waals surface area contributed by atoms with Gasteiger partial charge in [-0.05, 0) is 183 Å². The number of alkyl halides is 6. The molecule has 0 saturated heterocycles. The molecule has 0 bridgehead atoms. The Morgan fingerprint density at radius 1 is 0.390 bits per heavy atom. The van der Waals surface area contributed by atoms with E-state index in [1.165, 1.54) is 24.3 Å². The molecule has 0 fully saturated rings. The molecule has 2 unspecified atom stereocenters. The number of benzene rings is 8. The summed E-state index contributed by atoms with van der Waals surface area (Å²) in [6.45, 7) is 16.5. The Morgan fingerprint density at radius 2 is 0.854 bits per heavy atom. The normalized spacial score (nSPS) is 16.3. The minimum absolute atomic E-state index is 0.333. The monoisotopic (exact) mass is 1090 g/mol. The second-order valence-electron chi connectivity index (χ2n) is 22.7. The second kappa shape index (κ2) is 20.6. The van der Waals surface area contributed by atoms with Crippen LogP contribution in [0.2, 0.25) is 0 Å². The van der Waals surface area contributed by atoms with Gasteiger partial charge in [-0.25, -0.2) is 0 Å². The lowest BCUT2D eigenvalue weighted by atomic mass is 9.67. The first-order valence-corrected chi connectivity index (χ1v) is 27.6. The number of halogens is 6. The summed E-state index contributed by atoms with van der Waals surface area (Å²) in [4.78, 5) is 4.02. The van der Waals surface area contributed by atoms with Crippen LogP contribution in [0, 0.1) is 61.3 Å². The highest BCUT2D eigenvalue weighted by Gasteiger charge is 2.42. The molecule has 2 nitrogen and oxygen atoms in total. The molecule has 8 aromatic rings. The third kappa shape index (κ3) is 10.2. The number of nitrogens with zero attached hydrogens (tertiary/aromatic N) is 2. The first-order chi connectivity index (χ1) is 39.1. The molecule has 0 aliphatic heterocycles. The van der Waals surface area contributed by atoms with Gasteiger partial charge in [0, 0.05) is 34.1 Å². The molecule has 0 amide bonds. The molecule has 4 aliphatic carbocycles. The fourth-order valence-electron chi connectivity index (χ4n) is 12.9. The van der Waals surface area contributed by atoms with Crippen molar-refractivity contribution in [1.29, 1.82) is 0 Å². The molecule has 8 aromatic carbocycles. The van der Waals surface area contributed by atoms with Gasteiger partial charge in [0.2, 0.25) is 0 Å². The van der Waals surface area contributed by atoms with E-state index in [1.807, 2.05) is 28.0 Å². The van der Waals surface area contributed by atoms with Gasteiger partial charge in [0.1, 0.15) is 0 Å². The van der Waals surface area contributed by atoms with E-state index >= 15 is 0 Å². The first-order valence-electron chi connectivity index (χ1n) is 27.6. The molecular weight excluding hydrogens is 1030 g/mol. The van der Waals surface area contributed by atoms with Crippen LogP contribution in [0.3, 0.4) is 0 Å². The van der Waals surface area contributed by atoms with Gasteiger partial charge in [-0.15, -0.1) is 0 Å². The summed E-state index contributed by atoms with van der Waals surface area (Å²) in [7, 11) is 0. The van der Waals surface area contributed by atoms with Crippen molar-refractivity contribution in [2.75, 3.05) is 9.80 Å². The van der Waals surface area contributed by atoms with Gasteiger partial charge in [-0.1, -0.05) is 184 Å². The summed E-state index contributed by atoms with van der Waals surface area (Å²) in [6.07, 6.45) is 7.31. The lowest BCUT2D eigenvalue weighted by Gasteiger charge is -2.44. The first kappa shape index (κ1) is 53.7. The average molecular weight is 1090 g/mol. The lowest BCUT2D eigenvalue weighted by Crippen LogP contribution is -2.37. The van der Waals surface area contributed by atoms with Crippen molar-refractivity contribution < 1.29 is 26.3 Å². The van der Waals surface area contributed by atoms with Crippen LogP contribution in [0.4, 0.5) is 49.1 Å². The summed E-state index contributed by atoms with van der Waals surface area (Å²) < 4.78 is 89.7. The minimum Gasteiger partial charge on any atom is -0.330 e. The molecule has 82 heavy (non-hydrogen) atoms. The van der Waals surface area contributed by atoms with E-state index < -0.39 is 35.4 Å². The van der Waals surface area contributed by atoms with Crippen molar-refractivity contribution in [3.05, 3.63) is 296 Å². The SMILES string of the molecule is Cc1cc(C)cc(-c2ccc(N(C3=C4C=CC5=C6C(=CC=C(C=C3)C46)C(N(c3cccc(C(F)(F)F)c3)c3ccc(-c4cc(C)cc(C)c4)cc3-c3cc(C)cc(C)c3)C=C5)c3cccc(C(F)(F)F)c3)c(-c3cc(C)cc(C)c3)c2)c1. The maximum absolute atomic E-state index is 14.9. The molecule has 12 rings (SSSR count). The zero-order valence-electron chi connectivity index (χ0n) is 46.9. The predicted octanol–water partition coefficient (Wildman–Crippen LogP) is 20.9. The van der Waals surface area contributed by atoms with Crippen molar-refractivity contribution in [2.45, 2.75) is 73.8 Å². The largest absolute Gasteiger partial charge is 0.416 e. The summed E-state index contributed by atoms with van der Waals surface area (Å²) in [5.74, 6) is -0.394. The van der Waals surface area contributed by atoms with Crippen LogP contribution >= 0.6 is 0 Å². The van der Waals surface area contributed by atoms with Gasteiger partial charge in [-0.2, -0.15) is 26.3 Å². The third-order valence-electron chi connectivity index (χ3n) is 16.0. The van der Waals surface area contributed by atoms with Gasteiger partial charge in [0.25, 0.3) is 0 Å². The average Bonchev–Trinajstić information content (AvgIpc) is 1.72. The van der Waals surface area contributed by atoms with Crippen LogP contribution in [0.1, 0.15) is 55.6 Å². The van der Waals surface area contributed by atoms with E-state index in [4.69, 9.17) is 0 Å². The Labute approximate surface area is 476 Å². The van der Waals surface area contributed by atoms with Gasteiger partial charge in [-0.3, -0.25) is 0 Å². The fraction of sp³-hybridized carbons (Fsp3) is 0.162. The number of hydrogen-bond donors (Lipinski definition) is 0. The maximum Gasteiger partial charge on any atom is 0.416 e. The predicted molar refractivity (Wildman–Crippen MR) is 325 cm³/mol. The quantitative estimate of drug-likeness (QED) is 0.126. The number of aryl methyl sites for hydroxylation is 8. The Kier molecular flexibility index (Phi) is 13.5. The van der Waals surface area contributed by atoms with Crippen LogP contribution in [0.25, 0.3) is 44.5 Å². The zero-order valence-corrected chi connectivity index (χ0v) is 46.9. The highest BCUT2D eigenvalue weighted by Crippen LogP contribution is 2.54. The molecule has 0 saturated carbocycles. The summed E-state index contributed by atoms with van der Waals surface area (Å²) in [5.41, 5.74) is 22.1. The lowest BCUT2D eigenvalue weighted by molar-refractivity contribution is -0.138. The Balaban J connectivity index is 1.06. The van der Waals surface area contributed by atoms with Crippen molar-refractivity contribution in [3.63, 3.8) is 0 Å². The number of hydrogen-bond acceptors (Lipinski definition) is 2. The molecule has 408 valence electrons. The number of anilines is 4. The third-order valence-corrected chi connectivity index (χ3v) is 16.0. The van der Waals surface area contributed by atoms with Crippen LogP contribution in [-0.4, -0.2) is 6.04 Å². The second-order valence-corrected chi connectivity index (χ2v) is 22.7. The summed E-state index contributed by atoms with van der Waals surface area (Å²) >= 11 is 0. The maximum atomic E-state index is 14.9. The Morgan fingerprint density at radius 3 is 1.37 bits per heavy atom. The minimum atomic E-state index is -4.62. The van der Waals surface area contributed by atoms with Gasteiger partial charge in [0.15, 0.2) is 0 Å². The molecule has 0 radical (unpaired) electrons. The van der Waals surface area contributed by atoms with Gasteiger partial charge >= 0.3 is 12.4 Å². The standard InChI is InChI=1S/C74H60F6N2/c1-43-27-44(2)32-55(31-43)53-19-25-69(65(39-53)57-35-47(5)29-48(6)36-57)81(61-13-9-11-59(41-61)73(75,76)77)67-23-17-51-16-22-64-68(24-18-52-15-21-63(67)71(51)72(52)64)82(62-14-10-12-60(42-62)74(78,79)80)70-26-20-54(56-33-45(3)28-46(4)34-56)40-66(70)58-37-49(7)30-50(8)38-58/h9-42,67,72H,1-8H3. The molecule has 0 spiro atoms. The van der Waals surface area contributed by atoms with E-state index in [0.29, 0.717) is 22.8 Å². The highest BCUT2D eigenvalue weighted by molar-refractivity contribution is 5.92. The van der Waals surface area contributed by atoms with Crippen molar-refractivity contribution in [2.24, 2.45) is 5.92 Å². The molecule has 2 atom stereocenters. The fourth-order valence-corrected chi connectivity index (χ4v) is 12.9. The highest BCUT2D eigenvalue weighted by atomic mass is 19.4. The van der Waals surface area contributed by atoms with E-state index in [0.717, 1.165) is 135 Å². The van der Waals surface area contributed by atoms with Crippen molar-refractivity contribution in [3.8, 4) is 44.5 Å². The van der Waals surface area contributed by atoms with E-state index in [1.54, 1.807) is 12.1 Å². The van der Waals surface area contributed by atoms with Crippen molar-refractivity contribution >= 4 is 22.7 Å².